The van der Waals surface area contributed by atoms with Crippen LogP contribution < -0.4 is 4.90 Å². The van der Waals surface area contributed by atoms with E-state index in [0.29, 0.717) is 12.6 Å². The Morgan fingerprint density at radius 3 is 2.68 bits per heavy atom. The summed E-state index contributed by atoms with van der Waals surface area (Å²) >= 11 is 0. The Labute approximate surface area is 180 Å². The van der Waals surface area contributed by atoms with Gasteiger partial charge >= 0.3 is 0 Å². The topological polar surface area (TPSA) is 82.5 Å². The Balaban J connectivity index is 1.36. The van der Waals surface area contributed by atoms with Crippen molar-refractivity contribution in [2.24, 2.45) is 17.3 Å². The van der Waals surface area contributed by atoms with E-state index in [-0.39, 0.29) is 17.7 Å². The second-order valence-electron chi connectivity index (χ2n) is 9.43. The molecule has 8 nitrogen and oxygen atoms in total. The molecule has 0 N–H and O–H groups in total. The van der Waals surface area contributed by atoms with E-state index in [1.165, 1.54) is 0 Å². The monoisotopic (exact) mass is 415 g/mol. The zero-order valence-electron chi connectivity index (χ0n) is 17.8. The predicted octanol–water partition coefficient (Wildman–Crippen LogP) is 2.59. The molecule has 0 spiro atoms. The molecule has 31 heavy (non-hydrogen) atoms. The molecule has 0 unspecified atom stereocenters. The van der Waals surface area contributed by atoms with Gasteiger partial charge < -0.3 is 9.80 Å². The lowest BCUT2D eigenvalue weighted by atomic mass is 9.75. The minimum absolute atomic E-state index is 0.0130. The minimum Gasteiger partial charge on any atom is -0.309 e. The Bertz CT molecular complexity index is 1230. The summed E-state index contributed by atoms with van der Waals surface area (Å²) in [6.45, 7) is 4.63. The Kier molecular flexibility index (Phi) is 3.84. The zero-order chi connectivity index (χ0) is 21.3. The lowest BCUT2D eigenvalue weighted by Gasteiger charge is -2.36. The number of aromatic nitrogens is 4. The van der Waals surface area contributed by atoms with Crippen LogP contribution in [0.5, 0.6) is 0 Å². The Hall–Kier alpha value is -3.18. The molecule has 3 fully saturated rings. The first-order chi connectivity index (χ1) is 15.0. The maximum Gasteiger partial charge on any atom is 0.248 e. The van der Waals surface area contributed by atoms with Crippen molar-refractivity contribution in [1.29, 1.82) is 5.26 Å². The average Bonchev–Trinajstić information content (AvgIpc) is 3.22. The van der Waals surface area contributed by atoms with E-state index >= 15 is 0 Å². The minimum atomic E-state index is -0.882. The Morgan fingerprint density at radius 1 is 1.16 bits per heavy atom. The summed E-state index contributed by atoms with van der Waals surface area (Å²) in [7, 11) is 2.11. The van der Waals surface area contributed by atoms with Crippen LogP contribution in [0.4, 0.5) is 5.69 Å². The van der Waals surface area contributed by atoms with Crippen molar-refractivity contribution in [2.45, 2.75) is 25.8 Å². The highest BCUT2D eigenvalue weighted by molar-refractivity contribution is 6.05. The molecule has 1 amide bonds. The lowest BCUT2D eigenvalue weighted by Crippen LogP contribution is -2.45. The molecule has 1 aliphatic carbocycles. The summed E-state index contributed by atoms with van der Waals surface area (Å²) in [5.41, 5.74) is 2.87. The smallest absolute Gasteiger partial charge is 0.248 e. The fourth-order valence-electron chi connectivity index (χ4n) is 5.41. The molecule has 3 aromatic rings. The van der Waals surface area contributed by atoms with Crippen LogP contribution in [0.25, 0.3) is 16.6 Å². The van der Waals surface area contributed by atoms with Crippen LogP contribution in [0.2, 0.25) is 0 Å². The van der Waals surface area contributed by atoms with Crippen molar-refractivity contribution >= 4 is 17.1 Å². The second kappa shape index (κ2) is 6.41. The molecule has 158 valence electrons. The van der Waals surface area contributed by atoms with E-state index in [0.717, 1.165) is 48.3 Å². The molecule has 0 radical (unpaired) electrons. The molecule has 0 bridgehead atoms. The van der Waals surface area contributed by atoms with Gasteiger partial charge in [-0.15, -0.1) is 0 Å². The summed E-state index contributed by atoms with van der Waals surface area (Å²) in [5.74, 6) is 0.156. The number of carbonyl (C=O) groups excluding carboxylic acids is 1. The number of hydrogen-bond acceptors (Lipinski definition) is 5. The summed E-state index contributed by atoms with van der Waals surface area (Å²) in [6.07, 6.45) is 9.63. The van der Waals surface area contributed by atoms with Crippen LogP contribution in [0.3, 0.4) is 0 Å². The number of rotatable bonds is 4. The highest BCUT2D eigenvalue weighted by atomic mass is 16.2. The van der Waals surface area contributed by atoms with Crippen LogP contribution in [-0.4, -0.2) is 56.9 Å². The molecule has 2 saturated heterocycles. The highest BCUT2D eigenvalue weighted by Gasteiger charge is 2.61. The number of likely N-dealkylation sites (N-methyl/N-ethyl adjacent to an activating group) is 1. The summed E-state index contributed by atoms with van der Waals surface area (Å²) < 4.78 is 3.86. The molecule has 1 saturated carbocycles. The van der Waals surface area contributed by atoms with E-state index in [2.05, 4.69) is 40.5 Å². The van der Waals surface area contributed by atoms with Gasteiger partial charge in [-0.1, -0.05) is 6.92 Å². The fraction of sp³-hybridized carbons (Fsp3) is 0.478. The van der Waals surface area contributed by atoms with Crippen molar-refractivity contribution in [3.05, 3.63) is 36.9 Å². The standard InChI is InChI=1S/C23H25N7O/c1-15-9-28(22(31)23(15,14-24)18-3-4-18)20-5-6-25-30-10-16(7-21(20)30)17-8-26-29(11-17)19-12-27(2)13-19/h5-8,10-11,15,18-19H,3-4,9,12-13H2,1-2H3/t15-,23+/m1/s1. The van der Waals surface area contributed by atoms with Crippen molar-refractivity contribution in [2.75, 3.05) is 31.6 Å². The molecule has 0 aromatic carbocycles. The van der Waals surface area contributed by atoms with E-state index < -0.39 is 5.41 Å². The first-order valence-electron chi connectivity index (χ1n) is 10.9. The molecule has 3 aliphatic rings. The number of carbonyl (C=O) groups is 1. The summed E-state index contributed by atoms with van der Waals surface area (Å²) in [6, 6.07) is 6.80. The van der Waals surface area contributed by atoms with Gasteiger partial charge in [0.1, 0.15) is 5.41 Å². The van der Waals surface area contributed by atoms with Crippen molar-refractivity contribution < 1.29 is 4.79 Å². The highest BCUT2D eigenvalue weighted by Crippen LogP contribution is 2.54. The molecule has 2 atom stereocenters. The van der Waals surface area contributed by atoms with Crippen LogP contribution >= 0.6 is 0 Å². The van der Waals surface area contributed by atoms with Crippen molar-refractivity contribution in [1.82, 2.24) is 24.3 Å². The van der Waals surface area contributed by atoms with Crippen LogP contribution in [-0.2, 0) is 4.79 Å². The van der Waals surface area contributed by atoms with Gasteiger partial charge in [0.25, 0.3) is 0 Å². The molecule has 3 aromatic heterocycles. The quantitative estimate of drug-likeness (QED) is 0.654. The molecule has 5 heterocycles. The number of fused-ring (bicyclic) bond motifs is 1. The third-order valence-corrected chi connectivity index (χ3v) is 7.37. The van der Waals surface area contributed by atoms with E-state index in [9.17, 15) is 10.1 Å². The van der Waals surface area contributed by atoms with Gasteiger partial charge in [-0.05, 0) is 37.9 Å². The molecular formula is C23H25N7O. The Morgan fingerprint density at radius 2 is 1.97 bits per heavy atom. The molecular weight excluding hydrogens is 390 g/mol. The van der Waals surface area contributed by atoms with Gasteiger partial charge in [0, 0.05) is 55.3 Å². The SMILES string of the molecule is C[C@@H]1CN(c2ccnn3cc(-c4cnn(C5CN(C)C5)c4)cc23)C(=O)[C@]1(C#N)C1CC1. The van der Waals surface area contributed by atoms with E-state index in [1.54, 1.807) is 11.1 Å². The number of anilines is 1. The van der Waals surface area contributed by atoms with Gasteiger partial charge in [0.05, 0.1) is 29.5 Å². The second-order valence-corrected chi connectivity index (χ2v) is 9.43. The third-order valence-electron chi connectivity index (χ3n) is 7.37. The maximum absolute atomic E-state index is 13.5. The van der Waals surface area contributed by atoms with Crippen LogP contribution in [0.1, 0.15) is 25.8 Å². The molecule has 6 rings (SSSR count). The maximum atomic E-state index is 13.5. The summed E-state index contributed by atoms with van der Waals surface area (Å²) in [5, 5.41) is 19.0. The normalized spacial score (nSPS) is 27.1. The third kappa shape index (κ3) is 2.59. The summed E-state index contributed by atoms with van der Waals surface area (Å²) in [4.78, 5) is 17.5. The van der Waals surface area contributed by atoms with Gasteiger partial charge in [0.2, 0.25) is 5.91 Å². The number of hydrogen-bond donors (Lipinski definition) is 0. The predicted molar refractivity (Wildman–Crippen MR) is 115 cm³/mol. The number of nitriles is 1. The van der Waals surface area contributed by atoms with Crippen molar-refractivity contribution in [3.63, 3.8) is 0 Å². The molecule has 8 heteroatoms. The zero-order valence-corrected chi connectivity index (χ0v) is 17.8. The lowest BCUT2D eigenvalue weighted by molar-refractivity contribution is -0.124. The largest absolute Gasteiger partial charge is 0.309 e. The average molecular weight is 416 g/mol. The van der Waals surface area contributed by atoms with E-state index in [1.807, 2.05) is 34.6 Å². The van der Waals surface area contributed by atoms with Crippen molar-refractivity contribution in [3.8, 4) is 17.2 Å². The fourth-order valence-corrected chi connectivity index (χ4v) is 5.41. The molecule has 2 aliphatic heterocycles. The van der Waals surface area contributed by atoms with E-state index in [4.69, 9.17) is 0 Å². The first kappa shape index (κ1) is 18.6. The first-order valence-corrected chi connectivity index (χ1v) is 10.9. The number of nitrogens with zero attached hydrogens (tertiary/aromatic N) is 7. The van der Waals surface area contributed by atoms with Gasteiger partial charge in [0.15, 0.2) is 0 Å². The van der Waals surface area contributed by atoms with Gasteiger partial charge in [-0.3, -0.25) is 9.48 Å². The number of amides is 1. The van der Waals surface area contributed by atoms with Gasteiger partial charge in [-0.25, -0.2) is 4.52 Å². The van der Waals surface area contributed by atoms with Crippen LogP contribution in [0.15, 0.2) is 36.9 Å². The van der Waals surface area contributed by atoms with Gasteiger partial charge in [-0.2, -0.15) is 15.5 Å². The number of likely N-dealkylation sites (tertiary alicyclic amines) is 1. The van der Waals surface area contributed by atoms with Crippen LogP contribution in [0, 0.1) is 28.6 Å².